The third-order valence-corrected chi connectivity index (χ3v) is 3.40. The molecular weight excluding hydrogens is 206 g/mol. The SMILES string of the molecule is Cc1nn(C)c(SCCC(C)C)c1C#N. The summed E-state index contributed by atoms with van der Waals surface area (Å²) in [5.74, 6) is 1.75. The van der Waals surface area contributed by atoms with Crippen LogP contribution in [0.15, 0.2) is 5.03 Å². The quantitative estimate of drug-likeness (QED) is 0.737. The van der Waals surface area contributed by atoms with E-state index in [1.54, 1.807) is 16.4 Å². The number of nitrogens with zero attached hydrogens (tertiary/aromatic N) is 3. The van der Waals surface area contributed by atoms with Crippen molar-refractivity contribution in [1.29, 1.82) is 5.26 Å². The van der Waals surface area contributed by atoms with Gasteiger partial charge in [0.25, 0.3) is 0 Å². The number of thioether (sulfide) groups is 1. The summed E-state index contributed by atoms with van der Waals surface area (Å²) in [5.41, 5.74) is 1.55. The Morgan fingerprint density at radius 3 is 2.73 bits per heavy atom. The Kier molecular flexibility index (Phi) is 4.22. The third-order valence-electron chi connectivity index (χ3n) is 2.22. The molecular formula is C11H17N3S. The molecule has 82 valence electrons. The first kappa shape index (κ1) is 12.1. The van der Waals surface area contributed by atoms with E-state index in [0.29, 0.717) is 5.92 Å². The van der Waals surface area contributed by atoms with Gasteiger partial charge in [-0.15, -0.1) is 11.8 Å². The first-order chi connectivity index (χ1) is 7.06. The van der Waals surface area contributed by atoms with Gasteiger partial charge in [-0.1, -0.05) is 13.8 Å². The highest BCUT2D eigenvalue weighted by Crippen LogP contribution is 2.25. The molecule has 0 fully saturated rings. The van der Waals surface area contributed by atoms with Crippen LogP contribution in [0.25, 0.3) is 0 Å². The van der Waals surface area contributed by atoms with Crippen LogP contribution < -0.4 is 0 Å². The lowest BCUT2D eigenvalue weighted by atomic mass is 10.2. The molecule has 0 saturated heterocycles. The van der Waals surface area contributed by atoms with Gasteiger partial charge in [0.15, 0.2) is 0 Å². The summed E-state index contributed by atoms with van der Waals surface area (Å²) in [4.78, 5) is 0. The van der Waals surface area contributed by atoms with Crippen molar-refractivity contribution in [3.8, 4) is 6.07 Å². The first-order valence-corrected chi connectivity index (χ1v) is 6.11. The number of hydrogen-bond donors (Lipinski definition) is 0. The minimum atomic E-state index is 0.706. The van der Waals surface area contributed by atoms with Crippen molar-refractivity contribution in [2.45, 2.75) is 32.2 Å². The monoisotopic (exact) mass is 223 g/mol. The van der Waals surface area contributed by atoms with Gasteiger partial charge in [-0.25, -0.2) is 0 Å². The lowest BCUT2D eigenvalue weighted by Gasteiger charge is -2.04. The second-order valence-electron chi connectivity index (χ2n) is 4.03. The van der Waals surface area contributed by atoms with Crippen molar-refractivity contribution >= 4 is 11.8 Å². The first-order valence-electron chi connectivity index (χ1n) is 5.12. The zero-order chi connectivity index (χ0) is 11.4. The molecule has 0 radical (unpaired) electrons. The Balaban J connectivity index is 2.72. The van der Waals surface area contributed by atoms with E-state index in [4.69, 9.17) is 5.26 Å². The average Bonchev–Trinajstić information content (AvgIpc) is 2.41. The molecule has 0 aliphatic heterocycles. The van der Waals surface area contributed by atoms with Crippen LogP contribution in [-0.2, 0) is 7.05 Å². The van der Waals surface area contributed by atoms with Crippen LogP contribution in [0.3, 0.4) is 0 Å². The highest BCUT2D eigenvalue weighted by Gasteiger charge is 2.12. The standard InChI is InChI=1S/C11H17N3S/c1-8(2)5-6-15-11-10(7-12)9(3)13-14(11)4/h8H,5-6H2,1-4H3. The van der Waals surface area contributed by atoms with E-state index in [1.807, 2.05) is 14.0 Å². The van der Waals surface area contributed by atoms with Crippen molar-refractivity contribution in [2.75, 3.05) is 5.75 Å². The van der Waals surface area contributed by atoms with Crippen molar-refractivity contribution in [3.05, 3.63) is 11.3 Å². The van der Waals surface area contributed by atoms with Gasteiger partial charge in [0.1, 0.15) is 16.7 Å². The van der Waals surface area contributed by atoms with E-state index in [9.17, 15) is 0 Å². The van der Waals surface area contributed by atoms with Crippen molar-refractivity contribution < 1.29 is 0 Å². The zero-order valence-electron chi connectivity index (χ0n) is 9.74. The molecule has 1 heterocycles. The van der Waals surface area contributed by atoms with Crippen LogP contribution in [0.1, 0.15) is 31.5 Å². The van der Waals surface area contributed by atoms with Gasteiger partial charge in [-0.05, 0) is 25.0 Å². The molecule has 0 N–H and O–H groups in total. The molecule has 0 spiro atoms. The molecule has 0 aliphatic carbocycles. The zero-order valence-corrected chi connectivity index (χ0v) is 10.6. The summed E-state index contributed by atoms with van der Waals surface area (Å²) >= 11 is 1.73. The molecule has 0 atom stereocenters. The second-order valence-corrected chi connectivity index (χ2v) is 5.12. The molecule has 1 rings (SSSR count). The summed E-state index contributed by atoms with van der Waals surface area (Å²) in [6, 6.07) is 2.22. The smallest absolute Gasteiger partial charge is 0.112 e. The summed E-state index contributed by atoms with van der Waals surface area (Å²) in [6.07, 6.45) is 1.17. The van der Waals surface area contributed by atoms with E-state index < -0.39 is 0 Å². The molecule has 0 amide bonds. The van der Waals surface area contributed by atoms with Crippen LogP contribution in [0.5, 0.6) is 0 Å². The minimum absolute atomic E-state index is 0.706. The molecule has 1 aromatic rings. The molecule has 15 heavy (non-hydrogen) atoms. The highest BCUT2D eigenvalue weighted by molar-refractivity contribution is 7.99. The summed E-state index contributed by atoms with van der Waals surface area (Å²) < 4.78 is 1.80. The molecule has 3 nitrogen and oxygen atoms in total. The predicted molar refractivity (Wildman–Crippen MR) is 62.8 cm³/mol. The molecule has 0 saturated carbocycles. The predicted octanol–water partition coefficient (Wildman–Crippen LogP) is 2.74. The fourth-order valence-electron chi connectivity index (χ4n) is 1.32. The van der Waals surface area contributed by atoms with Crippen molar-refractivity contribution in [1.82, 2.24) is 9.78 Å². The van der Waals surface area contributed by atoms with Crippen LogP contribution in [0, 0.1) is 24.2 Å². The van der Waals surface area contributed by atoms with Crippen LogP contribution in [0.2, 0.25) is 0 Å². The van der Waals surface area contributed by atoms with E-state index >= 15 is 0 Å². The Morgan fingerprint density at radius 2 is 2.20 bits per heavy atom. The largest absolute Gasteiger partial charge is 0.260 e. The van der Waals surface area contributed by atoms with Gasteiger partial charge in [-0.2, -0.15) is 10.4 Å². The second kappa shape index (κ2) is 5.22. The number of rotatable bonds is 4. The maximum Gasteiger partial charge on any atom is 0.112 e. The number of aromatic nitrogens is 2. The third kappa shape index (κ3) is 3.00. The average molecular weight is 223 g/mol. The molecule has 0 bridgehead atoms. The van der Waals surface area contributed by atoms with Gasteiger partial charge in [0.2, 0.25) is 0 Å². The number of aryl methyl sites for hydroxylation is 2. The van der Waals surface area contributed by atoms with Crippen LogP contribution >= 0.6 is 11.8 Å². The maximum atomic E-state index is 9.00. The topological polar surface area (TPSA) is 41.6 Å². The summed E-state index contributed by atoms with van der Waals surface area (Å²) in [5, 5.41) is 14.3. The normalized spacial score (nSPS) is 10.7. The minimum Gasteiger partial charge on any atom is -0.260 e. The Morgan fingerprint density at radius 1 is 1.53 bits per heavy atom. The molecule has 0 aromatic carbocycles. The molecule has 1 aromatic heterocycles. The van der Waals surface area contributed by atoms with Crippen LogP contribution in [0.4, 0.5) is 0 Å². The van der Waals surface area contributed by atoms with Gasteiger partial charge in [-0.3, -0.25) is 4.68 Å². The number of nitriles is 1. The maximum absolute atomic E-state index is 9.00. The fraction of sp³-hybridized carbons (Fsp3) is 0.636. The van der Waals surface area contributed by atoms with E-state index in [2.05, 4.69) is 25.0 Å². The summed E-state index contributed by atoms with van der Waals surface area (Å²) in [6.45, 7) is 6.30. The molecule has 4 heteroatoms. The Hall–Kier alpha value is -0.950. The molecule has 0 aliphatic rings. The van der Waals surface area contributed by atoms with E-state index in [-0.39, 0.29) is 0 Å². The van der Waals surface area contributed by atoms with Gasteiger partial charge in [0.05, 0.1) is 5.69 Å². The van der Waals surface area contributed by atoms with Gasteiger partial charge < -0.3 is 0 Å². The van der Waals surface area contributed by atoms with Gasteiger partial charge >= 0.3 is 0 Å². The lowest BCUT2D eigenvalue weighted by molar-refractivity contribution is 0.630. The highest BCUT2D eigenvalue weighted by atomic mass is 32.2. The number of hydrogen-bond acceptors (Lipinski definition) is 3. The van der Waals surface area contributed by atoms with Crippen molar-refractivity contribution in [2.24, 2.45) is 13.0 Å². The van der Waals surface area contributed by atoms with E-state index in [1.165, 1.54) is 6.42 Å². The lowest BCUT2D eigenvalue weighted by Crippen LogP contribution is -1.95. The Bertz CT molecular complexity index is 374. The Labute approximate surface area is 95.5 Å². The fourth-order valence-corrected chi connectivity index (χ4v) is 2.67. The van der Waals surface area contributed by atoms with Gasteiger partial charge in [0, 0.05) is 7.05 Å². The molecule has 0 unspecified atom stereocenters. The van der Waals surface area contributed by atoms with Crippen molar-refractivity contribution in [3.63, 3.8) is 0 Å². The van der Waals surface area contributed by atoms with E-state index in [0.717, 1.165) is 22.0 Å². The van der Waals surface area contributed by atoms with Crippen LogP contribution in [-0.4, -0.2) is 15.5 Å². The summed E-state index contributed by atoms with van der Waals surface area (Å²) in [7, 11) is 1.89.